The Balaban J connectivity index is 1.75. The number of allylic oxidation sites excluding steroid dienone is 1. The standard InChI is InChI=1S/C25H27ClN4O6S2/c1-7-10-30-21(15(4)36-16-8-9-17(26)13(2)11-16)28-29-25(30)37-12-18(31)27-22-19(23(32)34-5)14(3)20(38-22)24(33)35-6/h7-9,11,15H,1,10,12H2,2-6H3,(H,27,31). The van der Waals surface area contributed by atoms with Crippen molar-refractivity contribution in [3.63, 3.8) is 0 Å². The number of carbonyl (C=O) groups excluding carboxylic acids is 3. The summed E-state index contributed by atoms with van der Waals surface area (Å²) in [6.45, 7) is 9.53. The molecule has 1 atom stereocenters. The van der Waals surface area contributed by atoms with Crippen LogP contribution < -0.4 is 10.1 Å². The van der Waals surface area contributed by atoms with Gasteiger partial charge in [0.1, 0.15) is 15.6 Å². The molecular formula is C25H27ClN4O6S2. The minimum Gasteiger partial charge on any atom is -0.483 e. The van der Waals surface area contributed by atoms with E-state index in [9.17, 15) is 14.4 Å². The van der Waals surface area contributed by atoms with Gasteiger partial charge < -0.3 is 19.5 Å². The minimum atomic E-state index is -0.669. The Kier molecular flexibility index (Phi) is 9.95. The third-order valence-electron chi connectivity index (χ3n) is 5.36. The van der Waals surface area contributed by atoms with Crippen molar-refractivity contribution in [3.05, 3.63) is 63.3 Å². The summed E-state index contributed by atoms with van der Waals surface area (Å²) in [6.07, 6.45) is 1.25. The van der Waals surface area contributed by atoms with Crippen molar-refractivity contribution in [2.24, 2.45) is 0 Å². The second kappa shape index (κ2) is 12.9. The average Bonchev–Trinajstić information content (AvgIpc) is 3.44. The van der Waals surface area contributed by atoms with Crippen LogP contribution in [0.1, 0.15) is 50.0 Å². The monoisotopic (exact) mass is 578 g/mol. The molecule has 1 amide bonds. The molecule has 202 valence electrons. The van der Waals surface area contributed by atoms with E-state index in [4.69, 9.17) is 25.8 Å². The first-order chi connectivity index (χ1) is 18.1. The third-order valence-corrected chi connectivity index (χ3v) is 7.93. The molecule has 0 aliphatic heterocycles. The van der Waals surface area contributed by atoms with Crippen LogP contribution in [0.5, 0.6) is 5.75 Å². The van der Waals surface area contributed by atoms with Crippen LogP contribution in [0.3, 0.4) is 0 Å². The maximum absolute atomic E-state index is 12.8. The van der Waals surface area contributed by atoms with Gasteiger partial charge in [-0.2, -0.15) is 0 Å². The van der Waals surface area contributed by atoms with Crippen molar-refractivity contribution in [3.8, 4) is 5.75 Å². The fraction of sp³-hybridized carbons (Fsp3) is 0.320. The maximum Gasteiger partial charge on any atom is 0.348 e. The fourth-order valence-corrected chi connectivity index (χ4v) is 5.49. The second-order valence-corrected chi connectivity index (χ2v) is 10.4. The summed E-state index contributed by atoms with van der Waals surface area (Å²) in [7, 11) is 2.46. The molecule has 1 unspecified atom stereocenters. The number of halogens is 1. The molecule has 0 bridgehead atoms. The number of anilines is 1. The normalized spacial score (nSPS) is 11.5. The topological polar surface area (TPSA) is 122 Å². The highest BCUT2D eigenvalue weighted by Crippen LogP contribution is 2.34. The lowest BCUT2D eigenvalue weighted by atomic mass is 10.1. The number of esters is 2. The number of thioether (sulfide) groups is 1. The number of hydrogen-bond donors (Lipinski definition) is 1. The van der Waals surface area contributed by atoms with Gasteiger partial charge in [-0.25, -0.2) is 9.59 Å². The van der Waals surface area contributed by atoms with Crippen LogP contribution in [-0.4, -0.2) is 52.6 Å². The quantitative estimate of drug-likeness (QED) is 0.185. The number of carbonyl (C=O) groups is 3. The van der Waals surface area contributed by atoms with Crippen LogP contribution in [0, 0.1) is 13.8 Å². The first-order valence-corrected chi connectivity index (χ1v) is 13.5. The number of aromatic nitrogens is 3. The number of thiophene rings is 1. The highest BCUT2D eigenvalue weighted by atomic mass is 35.5. The summed E-state index contributed by atoms with van der Waals surface area (Å²) in [5.41, 5.74) is 1.37. The van der Waals surface area contributed by atoms with E-state index in [1.54, 1.807) is 25.1 Å². The molecule has 38 heavy (non-hydrogen) atoms. The largest absolute Gasteiger partial charge is 0.483 e. The number of amides is 1. The molecule has 1 aromatic carbocycles. The van der Waals surface area contributed by atoms with Gasteiger partial charge in [-0.05, 0) is 50.1 Å². The Labute approximate surface area is 233 Å². The lowest BCUT2D eigenvalue weighted by Gasteiger charge is -2.16. The van der Waals surface area contributed by atoms with E-state index in [-0.39, 0.29) is 21.2 Å². The highest BCUT2D eigenvalue weighted by molar-refractivity contribution is 7.99. The van der Waals surface area contributed by atoms with Crippen LogP contribution in [0.15, 0.2) is 36.0 Å². The van der Waals surface area contributed by atoms with E-state index >= 15 is 0 Å². The van der Waals surface area contributed by atoms with E-state index in [2.05, 4.69) is 22.1 Å². The molecule has 0 aliphatic rings. The third kappa shape index (κ3) is 6.55. The zero-order chi connectivity index (χ0) is 28.0. The van der Waals surface area contributed by atoms with Gasteiger partial charge in [-0.1, -0.05) is 29.4 Å². The molecule has 13 heteroatoms. The molecule has 0 saturated heterocycles. The number of nitrogens with zero attached hydrogens (tertiary/aromatic N) is 3. The summed E-state index contributed by atoms with van der Waals surface area (Å²) in [5, 5.41) is 12.5. The summed E-state index contributed by atoms with van der Waals surface area (Å²) >= 11 is 8.21. The molecule has 10 nitrogen and oxygen atoms in total. The van der Waals surface area contributed by atoms with Gasteiger partial charge in [0.05, 0.1) is 25.5 Å². The summed E-state index contributed by atoms with van der Waals surface area (Å²) < 4.78 is 17.5. The second-order valence-electron chi connectivity index (χ2n) is 7.99. The Morgan fingerprint density at radius 1 is 1.21 bits per heavy atom. The molecule has 0 fully saturated rings. The lowest BCUT2D eigenvalue weighted by Crippen LogP contribution is -2.17. The zero-order valence-corrected chi connectivity index (χ0v) is 23.9. The number of ether oxygens (including phenoxy) is 3. The highest BCUT2D eigenvalue weighted by Gasteiger charge is 2.27. The van der Waals surface area contributed by atoms with Crippen LogP contribution >= 0.6 is 34.7 Å². The molecule has 0 radical (unpaired) electrons. The summed E-state index contributed by atoms with van der Waals surface area (Å²) in [4.78, 5) is 37.4. The first-order valence-electron chi connectivity index (χ1n) is 11.3. The molecule has 0 aliphatic carbocycles. The van der Waals surface area contributed by atoms with Crippen LogP contribution in [0.4, 0.5) is 5.00 Å². The molecule has 2 aromatic heterocycles. The van der Waals surface area contributed by atoms with Crippen LogP contribution in [0.25, 0.3) is 0 Å². The van der Waals surface area contributed by atoms with Gasteiger partial charge in [0.25, 0.3) is 0 Å². The van der Waals surface area contributed by atoms with E-state index in [0.29, 0.717) is 33.9 Å². The van der Waals surface area contributed by atoms with Crippen molar-refractivity contribution in [1.29, 1.82) is 0 Å². The number of hydrogen-bond acceptors (Lipinski definition) is 10. The van der Waals surface area contributed by atoms with Crippen LogP contribution in [0.2, 0.25) is 5.02 Å². The molecular weight excluding hydrogens is 552 g/mol. The number of rotatable bonds is 11. The zero-order valence-electron chi connectivity index (χ0n) is 21.5. The SMILES string of the molecule is C=CCn1c(SCC(=O)Nc2sc(C(=O)OC)c(C)c2C(=O)OC)nnc1C(C)Oc1ccc(Cl)c(C)c1. The molecule has 0 saturated carbocycles. The first kappa shape index (κ1) is 29.2. The van der Waals surface area contributed by atoms with Crippen molar-refractivity contribution < 1.29 is 28.6 Å². The number of aryl methyl sites for hydroxylation is 1. The molecule has 1 N–H and O–H groups in total. The minimum absolute atomic E-state index is 0.0357. The number of nitrogens with one attached hydrogen (secondary N) is 1. The number of benzene rings is 1. The van der Waals surface area contributed by atoms with Gasteiger partial charge in [-0.3, -0.25) is 9.36 Å². The Bertz CT molecular complexity index is 1370. The summed E-state index contributed by atoms with van der Waals surface area (Å²) in [6, 6.07) is 5.39. The lowest BCUT2D eigenvalue weighted by molar-refractivity contribution is -0.113. The van der Waals surface area contributed by atoms with Gasteiger partial charge in [0.2, 0.25) is 5.91 Å². The predicted molar refractivity (Wildman–Crippen MR) is 147 cm³/mol. The molecule has 3 rings (SSSR count). The molecule has 3 aromatic rings. The van der Waals surface area contributed by atoms with E-state index in [0.717, 1.165) is 28.7 Å². The smallest absolute Gasteiger partial charge is 0.348 e. The van der Waals surface area contributed by atoms with E-state index < -0.39 is 23.9 Å². The average molecular weight is 579 g/mol. The van der Waals surface area contributed by atoms with Gasteiger partial charge in [0.15, 0.2) is 17.1 Å². The fourth-order valence-electron chi connectivity index (χ4n) is 3.49. The van der Waals surface area contributed by atoms with Crippen molar-refractivity contribution in [2.45, 2.75) is 38.6 Å². The Morgan fingerprint density at radius 3 is 2.55 bits per heavy atom. The van der Waals surface area contributed by atoms with E-state index in [1.165, 1.54) is 14.2 Å². The Hall–Kier alpha value is -3.35. The van der Waals surface area contributed by atoms with Crippen molar-refractivity contribution in [1.82, 2.24) is 14.8 Å². The van der Waals surface area contributed by atoms with E-state index in [1.807, 2.05) is 24.5 Å². The van der Waals surface area contributed by atoms with Crippen LogP contribution in [-0.2, 0) is 20.8 Å². The summed E-state index contributed by atoms with van der Waals surface area (Å²) in [5.74, 6) is -0.523. The van der Waals surface area contributed by atoms with Gasteiger partial charge in [0, 0.05) is 11.6 Å². The van der Waals surface area contributed by atoms with Crippen molar-refractivity contribution in [2.75, 3.05) is 25.3 Å². The van der Waals surface area contributed by atoms with Crippen molar-refractivity contribution >= 4 is 57.5 Å². The number of methoxy groups -OCH3 is 2. The van der Waals surface area contributed by atoms with Gasteiger partial charge in [-0.15, -0.1) is 28.1 Å². The molecule has 0 spiro atoms. The maximum atomic E-state index is 12.8. The van der Waals surface area contributed by atoms with Gasteiger partial charge >= 0.3 is 11.9 Å². The Morgan fingerprint density at radius 2 is 1.92 bits per heavy atom. The molecule has 2 heterocycles. The predicted octanol–water partition coefficient (Wildman–Crippen LogP) is 5.24.